The normalized spacial score (nSPS) is 12.7. The summed E-state index contributed by atoms with van der Waals surface area (Å²) in [7, 11) is 0. The van der Waals surface area contributed by atoms with Crippen LogP contribution in [0.15, 0.2) is 40.9 Å². The fourth-order valence-corrected chi connectivity index (χ4v) is 2.56. The zero-order valence-electron chi connectivity index (χ0n) is 10.5. The molecule has 1 aliphatic heterocycles. The van der Waals surface area contributed by atoms with Gasteiger partial charge in [0, 0.05) is 16.6 Å². The van der Waals surface area contributed by atoms with Gasteiger partial charge in [0.1, 0.15) is 11.6 Å². The van der Waals surface area contributed by atoms with Crippen LogP contribution < -0.4 is 10.1 Å². The Morgan fingerprint density at radius 3 is 2.95 bits per heavy atom. The maximum atomic E-state index is 13.2. The number of halogens is 2. The van der Waals surface area contributed by atoms with Crippen LogP contribution in [-0.4, -0.2) is 12.5 Å². The highest BCUT2D eigenvalue weighted by Gasteiger charge is 2.15. The predicted octanol–water partition coefficient (Wildman–Crippen LogP) is 3.78. The van der Waals surface area contributed by atoms with Crippen molar-refractivity contribution in [1.82, 2.24) is 0 Å². The molecule has 1 heterocycles. The Labute approximate surface area is 123 Å². The zero-order chi connectivity index (χ0) is 14.1. The molecule has 0 bridgehead atoms. The van der Waals surface area contributed by atoms with Crippen LogP contribution in [0.3, 0.4) is 0 Å². The van der Waals surface area contributed by atoms with E-state index in [1.807, 2.05) is 12.1 Å². The summed E-state index contributed by atoms with van der Waals surface area (Å²) in [6, 6.07) is 9.51. The highest BCUT2D eigenvalue weighted by atomic mass is 79.9. The van der Waals surface area contributed by atoms with Crippen molar-refractivity contribution in [3.63, 3.8) is 0 Å². The van der Waals surface area contributed by atoms with Gasteiger partial charge in [-0.25, -0.2) is 4.39 Å². The SMILES string of the molecule is O=C(Nc1ccc2c(c1)CCO2)c1cc(F)ccc1Br. The molecular weight excluding hydrogens is 325 g/mol. The van der Waals surface area contributed by atoms with E-state index in [4.69, 9.17) is 4.74 Å². The number of anilines is 1. The second-order valence-electron chi connectivity index (χ2n) is 4.50. The third kappa shape index (κ3) is 2.54. The van der Waals surface area contributed by atoms with E-state index in [0.29, 0.717) is 16.8 Å². The van der Waals surface area contributed by atoms with Crippen molar-refractivity contribution in [2.75, 3.05) is 11.9 Å². The molecule has 1 aliphatic rings. The van der Waals surface area contributed by atoms with Crippen molar-refractivity contribution in [1.29, 1.82) is 0 Å². The zero-order valence-corrected chi connectivity index (χ0v) is 12.0. The summed E-state index contributed by atoms with van der Waals surface area (Å²) in [6.07, 6.45) is 0.836. The van der Waals surface area contributed by atoms with E-state index in [9.17, 15) is 9.18 Å². The number of nitrogens with one attached hydrogen (secondary N) is 1. The fourth-order valence-electron chi connectivity index (χ4n) is 2.13. The lowest BCUT2D eigenvalue weighted by atomic mass is 10.1. The van der Waals surface area contributed by atoms with Crippen LogP contribution in [0.2, 0.25) is 0 Å². The van der Waals surface area contributed by atoms with Crippen molar-refractivity contribution >= 4 is 27.5 Å². The minimum absolute atomic E-state index is 0.266. The van der Waals surface area contributed by atoms with E-state index in [0.717, 1.165) is 17.7 Å². The van der Waals surface area contributed by atoms with Gasteiger partial charge in [-0.1, -0.05) is 0 Å². The van der Waals surface area contributed by atoms with Gasteiger partial charge in [0.05, 0.1) is 12.2 Å². The molecule has 0 saturated carbocycles. The molecule has 20 heavy (non-hydrogen) atoms. The van der Waals surface area contributed by atoms with Crippen LogP contribution >= 0.6 is 15.9 Å². The highest BCUT2D eigenvalue weighted by molar-refractivity contribution is 9.10. The average Bonchev–Trinajstić information content (AvgIpc) is 2.89. The predicted molar refractivity (Wildman–Crippen MR) is 77.7 cm³/mol. The molecule has 0 spiro atoms. The van der Waals surface area contributed by atoms with E-state index in [2.05, 4.69) is 21.2 Å². The molecule has 0 atom stereocenters. The molecular formula is C15H11BrFNO2. The average molecular weight is 336 g/mol. The molecule has 0 unspecified atom stereocenters. The topological polar surface area (TPSA) is 38.3 Å². The van der Waals surface area contributed by atoms with E-state index >= 15 is 0 Å². The first-order valence-electron chi connectivity index (χ1n) is 6.15. The number of ether oxygens (including phenoxy) is 1. The Kier molecular flexibility index (Phi) is 3.44. The Hall–Kier alpha value is -1.88. The second-order valence-corrected chi connectivity index (χ2v) is 5.35. The smallest absolute Gasteiger partial charge is 0.256 e. The van der Waals surface area contributed by atoms with Crippen molar-refractivity contribution in [2.45, 2.75) is 6.42 Å². The molecule has 102 valence electrons. The lowest BCUT2D eigenvalue weighted by Crippen LogP contribution is -2.13. The number of hydrogen-bond acceptors (Lipinski definition) is 2. The molecule has 5 heteroatoms. The summed E-state index contributed by atoms with van der Waals surface area (Å²) < 4.78 is 19.2. The molecule has 0 fully saturated rings. The first-order valence-corrected chi connectivity index (χ1v) is 6.95. The highest BCUT2D eigenvalue weighted by Crippen LogP contribution is 2.28. The van der Waals surface area contributed by atoms with Gasteiger partial charge in [-0.2, -0.15) is 0 Å². The van der Waals surface area contributed by atoms with Crippen LogP contribution in [-0.2, 0) is 6.42 Å². The number of hydrogen-bond donors (Lipinski definition) is 1. The summed E-state index contributed by atoms with van der Waals surface area (Å²) in [6.45, 7) is 0.669. The van der Waals surface area contributed by atoms with Gasteiger partial charge in [0.2, 0.25) is 0 Å². The minimum atomic E-state index is -0.444. The maximum absolute atomic E-state index is 13.2. The Balaban J connectivity index is 1.84. The molecule has 0 radical (unpaired) electrons. The van der Waals surface area contributed by atoms with Crippen LogP contribution in [0.4, 0.5) is 10.1 Å². The summed E-state index contributed by atoms with van der Waals surface area (Å²) in [4.78, 5) is 12.1. The fraction of sp³-hybridized carbons (Fsp3) is 0.133. The quantitative estimate of drug-likeness (QED) is 0.907. The molecule has 3 rings (SSSR count). The van der Waals surface area contributed by atoms with E-state index in [1.165, 1.54) is 18.2 Å². The summed E-state index contributed by atoms with van der Waals surface area (Å²) in [5, 5.41) is 2.76. The van der Waals surface area contributed by atoms with Crippen molar-refractivity contribution in [3.8, 4) is 5.75 Å². The number of amides is 1. The van der Waals surface area contributed by atoms with Crippen LogP contribution in [0, 0.1) is 5.82 Å². The lowest BCUT2D eigenvalue weighted by Gasteiger charge is -2.08. The van der Waals surface area contributed by atoms with Gasteiger partial charge in [-0.05, 0) is 57.9 Å². The molecule has 3 nitrogen and oxygen atoms in total. The minimum Gasteiger partial charge on any atom is -0.493 e. The summed E-state index contributed by atoms with van der Waals surface area (Å²) >= 11 is 3.25. The second kappa shape index (κ2) is 5.25. The van der Waals surface area contributed by atoms with E-state index in [1.54, 1.807) is 6.07 Å². The Bertz CT molecular complexity index is 688. The molecule has 2 aromatic carbocycles. The maximum Gasteiger partial charge on any atom is 0.256 e. The number of fused-ring (bicyclic) bond motifs is 1. The van der Waals surface area contributed by atoms with Crippen LogP contribution in [0.1, 0.15) is 15.9 Å². The van der Waals surface area contributed by atoms with Crippen molar-refractivity contribution in [3.05, 3.63) is 57.8 Å². The van der Waals surface area contributed by atoms with Crippen LogP contribution in [0.5, 0.6) is 5.75 Å². The summed E-state index contributed by atoms with van der Waals surface area (Å²) in [5.41, 5.74) is 2.01. The van der Waals surface area contributed by atoms with Crippen molar-refractivity contribution in [2.24, 2.45) is 0 Å². The third-order valence-electron chi connectivity index (χ3n) is 3.12. The monoisotopic (exact) mass is 335 g/mol. The number of carbonyl (C=O) groups excluding carboxylic acids is 1. The Morgan fingerprint density at radius 2 is 2.10 bits per heavy atom. The van der Waals surface area contributed by atoms with Gasteiger partial charge >= 0.3 is 0 Å². The lowest BCUT2D eigenvalue weighted by molar-refractivity contribution is 0.102. The van der Waals surface area contributed by atoms with Gasteiger partial charge in [-0.15, -0.1) is 0 Å². The first-order chi connectivity index (χ1) is 9.63. The number of rotatable bonds is 2. The Morgan fingerprint density at radius 1 is 1.25 bits per heavy atom. The van der Waals surface area contributed by atoms with Crippen LogP contribution in [0.25, 0.3) is 0 Å². The van der Waals surface area contributed by atoms with Gasteiger partial charge in [0.15, 0.2) is 0 Å². The standard InChI is InChI=1S/C15H11BrFNO2/c16-13-3-1-10(17)8-12(13)15(19)18-11-2-4-14-9(7-11)5-6-20-14/h1-4,7-8H,5-6H2,(H,18,19). The summed E-state index contributed by atoms with van der Waals surface area (Å²) in [5.74, 6) is 0.0610. The largest absolute Gasteiger partial charge is 0.493 e. The molecule has 0 saturated heterocycles. The first kappa shape index (κ1) is 13.1. The molecule has 1 N–H and O–H groups in total. The van der Waals surface area contributed by atoms with Gasteiger partial charge in [-0.3, -0.25) is 4.79 Å². The number of benzene rings is 2. The van der Waals surface area contributed by atoms with E-state index in [-0.39, 0.29) is 11.5 Å². The molecule has 0 aromatic heterocycles. The van der Waals surface area contributed by atoms with E-state index < -0.39 is 5.82 Å². The number of carbonyl (C=O) groups is 1. The van der Waals surface area contributed by atoms with Gasteiger partial charge < -0.3 is 10.1 Å². The molecule has 2 aromatic rings. The van der Waals surface area contributed by atoms with Crippen molar-refractivity contribution < 1.29 is 13.9 Å². The molecule has 0 aliphatic carbocycles. The van der Waals surface area contributed by atoms with Gasteiger partial charge in [0.25, 0.3) is 5.91 Å². The third-order valence-corrected chi connectivity index (χ3v) is 3.81. The molecule has 1 amide bonds.